The number of rotatable bonds is 2. The molecule has 0 amide bonds. The molecule has 1 rings (SSSR count). The molecule has 4 nitrogen and oxygen atoms in total. The van der Waals surface area contributed by atoms with Gasteiger partial charge in [0, 0.05) is 16.2 Å². The minimum absolute atomic E-state index is 0. The van der Waals surface area contributed by atoms with Crippen LogP contribution >= 0.6 is 34.7 Å². The molecule has 0 aromatic heterocycles. The first-order valence-electron chi connectivity index (χ1n) is 3.41. The highest BCUT2D eigenvalue weighted by atomic mass is 35.7. The fourth-order valence-electron chi connectivity index (χ4n) is 0.858. The standard InChI is InChI=1S/C7H6Cl2N2O2S.ClH/c8-5-2-1-4(7(10)11)3-6(5)14(9,12)13;/h1-3H,(H3,10,11);1H. The molecule has 8 heteroatoms. The highest BCUT2D eigenvalue weighted by molar-refractivity contribution is 8.13. The number of nitrogens with one attached hydrogen (secondary N) is 1. The largest absolute Gasteiger partial charge is 0.384 e. The summed E-state index contributed by atoms with van der Waals surface area (Å²) in [4.78, 5) is -0.242. The summed E-state index contributed by atoms with van der Waals surface area (Å²) in [5.41, 5.74) is 5.44. The zero-order chi connectivity index (χ0) is 10.9. The molecule has 0 aliphatic rings. The van der Waals surface area contributed by atoms with Crippen molar-refractivity contribution in [2.24, 2.45) is 5.73 Å². The summed E-state index contributed by atoms with van der Waals surface area (Å²) in [6.07, 6.45) is 0. The van der Waals surface area contributed by atoms with Crippen LogP contribution in [-0.4, -0.2) is 14.3 Å². The van der Waals surface area contributed by atoms with Crippen molar-refractivity contribution in [3.63, 3.8) is 0 Å². The molecule has 0 fully saturated rings. The average molecular weight is 290 g/mol. The maximum atomic E-state index is 11.0. The topological polar surface area (TPSA) is 84.0 Å². The molecule has 0 aliphatic heterocycles. The Morgan fingerprint density at radius 2 is 1.93 bits per heavy atom. The van der Waals surface area contributed by atoms with Gasteiger partial charge in [0.2, 0.25) is 0 Å². The van der Waals surface area contributed by atoms with E-state index >= 15 is 0 Å². The Labute approximate surface area is 103 Å². The molecule has 1 aromatic carbocycles. The van der Waals surface area contributed by atoms with Crippen molar-refractivity contribution in [2.75, 3.05) is 0 Å². The molecule has 0 heterocycles. The lowest BCUT2D eigenvalue weighted by Crippen LogP contribution is -2.11. The van der Waals surface area contributed by atoms with Crippen molar-refractivity contribution in [1.82, 2.24) is 0 Å². The zero-order valence-corrected chi connectivity index (χ0v) is 10.3. The smallest absolute Gasteiger partial charge is 0.262 e. The van der Waals surface area contributed by atoms with Crippen LogP contribution in [0, 0.1) is 5.41 Å². The van der Waals surface area contributed by atoms with Crippen LogP contribution < -0.4 is 5.73 Å². The lowest BCUT2D eigenvalue weighted by atomic mass is 10.2. The van der Waals surface area contributed by atoms with E-state index in [0.717, 1.165) is 6.07 Å². The van der Waals surface area contributed by atoms with E-state index in [1.807, 2.05) is 0 Å². The van der Waals surface area contributed by atoms with Gasteiger partial charge >= 0.3 is 0 Å². The first-order chi connectivity index (χ1) is 6.32. The minimum Gasteiger partial charge on any atom is -0.384 e. The van der Waals surface area contributed by atoms with Crippen LogP contribution in [0.5, 0.6) is 0 Å². The Balaban J connectivity index is 0.00000196. The third-order valence-corrected chi connectivity index (χ3v) is 3.31. The molecule has 0 aliphatic carbocycles. The summed E-state index contributed by atoms with van der Waals surface area (Å²) >= 11 is 5.61. The first kappa shape index (κ1) is 14.5. The van der Waals surface area contributed by atoms with Crippen molar-refractivity contribution >= 4 is 49.6 Å². The molecule has 0 saturated carbocycles. The van der Waals surface area contributed by atoms with Crippen molar-refractivity contribution in [3.05, 3.63) is 28.8 Å². The number of nitrogens with two attached hydrogens (primary N) is 1. The molecule has 84 valence electrons. The van der Waals surface area contributed by atoms with Crippen LogP contribution in [0.2, 0.25) is 5.02 Å². The third kappa shape index (κ3) is 3.53. The van der Waals surface area contributed by atoms with Crippen LogP contribution in [0.1, 0.15) is 5.56 Å². The Kier molecular flexibility index (Phi) is 4.86. The summed E-state index contributed by atoms with van der Waals surface area (Å²) in [6.45, 7) is 0. The van der Waals surface area contributed by atoms with Gasteiger partial charge in [-0.15, -0.1) is 12.4 Å². The summed E-state index contributed by atoms with van der Waals surface area (Å²) < 4.78 is 22.0. The van der Waals surface area contributed by atoms with Gasteiger partial charge in [0.15, 0.2) is 0 Å². The lowest BCUT2D eigenvalue weighted by Gasteiger charge is -2.02. The van der Waals surface area contributed by atoms with E-state index in [0.29, 0.717) is 0 Å². The van der Waals surface area contributed by atoms with Gasteiger partial charge in [-0.25, -0.2) is 8.42 Å². The van der Waals surface area contributed by atoms with Crippen LogP contribution in [0.4, 0.5) is 0 Å². The van der Waals surface area contributed by atoms with Crippen molar-refractivity contribution in [3.8, 4) is 0 Å². The fourth-order valence-corrected chi connectivity index (χ4v) is 2.35. The summed E-state index contributed by atoms with van der Waals surface area (Å²) in [7, 11) is 1.22. The zero-order valence-electron chi connectivity index (χ0n) is 7.20. The fraction of sp³-hybridized carbons (Fsp3) is 0. The van der Waals surface area contributed by atoms with Crippen LogP contribution in [0.15, 0.2) is 23.1 Å². The predicted octanol–water partition coefficient (Wildman–Crippen LogP) is 1.97. The van der Waals surface area contributed by atoms with E-state index in [4.69, 9.17) is 33.4 Å². The van der Waals surface area contributed by atoms with Gasteiger partial charge in [0.1, 0.15) is 10.7 Å². The normalized spacial score (nSPS) is 10.5. The minimum atomic E-state index is -3.90. The van der Waals surface area contributed by atoms with E-state index in [9.17, 15) is 8.42 Å². The monoisotopic (exact) mass is 288 g/mol. The number of nitrogen functional groups attached to an aromatic ring is 1. The van der Waals surface area contributed by atoms with Crippen molar-refractivity contribution < 1.29 is 8.42 Å². The molecule has 0 spiro atoms. The number of amidine groups is 1. The van der Waals surface area contributed by atoms with E-state index < -0.39 is 9.05 Å². The molecule has 15 heavy (non-hydrogen) atoms. The second kappa shape index (κ2) is 5.03. The summed E-state index contributed by atoms with van der Waals surface area (Å²) in [6, 6.07) is 3.93. The van der Waals surface area contributed by atoms with Gasteiger partial charge in [-0.05, 0) is 18.2 Å². The molecule has 0 unspecified atom stereocenters. The van der Waals surface area contributed by atoms with Gasteiger partial charge in [-0.2, -0.15) is 0 Å². The Morgan fingerprint density at radius 3 is 2.33 bits per heavy atom. The van der Waals surface area contributed by atoms with E-state index in [1.165, 1.54) is 12.1 Å². The number of halogens is 3. The molecule has 0 bridgehead atoms. The highest BCUT2D eigenvalue weighted by Crippen LogP contribution is 2.25. The van der Waals surface area contributed by atoms with Crippen LogP contribution in [-0.2, 0) is 9.05 Å². The second-order valence-electron chi connectivity index (χ2n) is 2.50. The quantitative estimate of drug-likeness (QED) is 0.496. The van der Waals surface area contributed by atoms with Crippen molar-refractivity contribution in [1.29, 1.82) is 5.41 Å². The predicted molar refractivity (Wildman–Crippen MR) is 62.8 cm³/mol. The van der Waals surface area contributed by atoms with Gasteiger partial charge in [0.05, 0.1) is 5.02 Å². The molecular weight excluding hydrogens is 283 g/mol. The van der Waals surface area contributed by atoms with Gasteiger partial charge in [0.25, 0.3) is 9.05 Å². The van der Waals surface area contributed by atoms with Gasteiger partial charge < -0.3 is 5.73 Å². The van der Waals surface area contributed by atoms with Crippen LogP contribution in [0.3, 0.4) is 0 Å². The van der Waals surface area contributed by atoms with E-state index in [1.54, 1.807) is 0 Å². The molecule has 1 aromatic rings. The summed E-state index contributed by atoms with van der Waals surface area (Å²) in [5.74, 6) is -0.247. The molecule has 0 radical (unpaired) electrons. The first-order valence-corrected chi connectivity index (χ1v) is 6.09. The maximum absolute atomic E-state index is 11.0. The van der Waals surface area contributed by atoms with Crippen molar-refractivity contribution in [2.45, 2.75) is 4.90 Å². The van der Waals surface area contributed by atoms with E-state index in [2.05, 4.69) is 0 Å². The average Bonchev–Trinajstić information content (AvgIpc) is 2.02. The van der Waals surface area contributed by atoms with Gasteiger partial charge in [-0.3, -0.25) is 5.41 Å². The molecule has 3 N–H and O–H groups in total. The SMILES string of the molecule is Cl.N=C(N)c1ccc(Cl)c(S(=O)(=O)Cl)c1. The number of hydrogen-bond donors (Lipinski definition) is 2. The Hall–Kier alpha value is -0.490. The van der Waals surface area contributed by atoms with Crippen LogP contribution in [0.25, 0.3) is 0 Å². The number of hydrogen-bond acceptors (Lipinski definition) is 3. The summed E-state index contributed by atoms with van der Waals surface area (Å²) in [5, 5.41) is 7.11. The molecule has 0 saturated heterocycles. The third-order valence-electron chi connectivity index (χ3n) is 1.50. The van der Waals surface area contributed by atoms with Gasteiger partial charge in [-0.1, -0.05) is 11.6 Å². The Morgan fingerprint density at radius 1 is 1.40 bits per heavy atom. The molecule has 0 atom stereocenters. The maximum Gasteiger partial charge on any atom is 0.262 e. The second-order valence-corrected chi connectivity index (χ2v) is 5.44. The molecular formula is C7H7Cl3N2O2S. The lowest BCUT2D eigenvalue weighted by molar-refractivity contribution is 0.609. The number of benzene rings is 1. The Bertz CT molecular complexity index is 487. The highest BCUT2D eigenvalue weighted by Gasteiger charge is 2.15. The van der Waals surface area contributed by atoms with E-state index in [-0.39, 0.29) is 33.7 Å².